The Hall–Kier alpha value is -3.02. The molecule has 0 spiro atoms. The number of piperidine rings is 1. The largest absolute Gasteiger partial charge is 0.497 e. The van der Waals surface area contributed by atoms with E-state index in [-0.39, 0.29) is 11.8 Å². The maximum atomic E-state index is 12.7. The summed E-state index contributed by atoms with van der Waals surface area (Å²) >= 11 is 0. The van der Waals surface area contributed by atoms with Gasteiger partial charge in [-0.25, -0.2) is 4.98 Å². The fourth-order valence-corrected chi connectivity index (χ4v) is 3.72. The van der Waals surface area contributed by atoms with Gasteiger partial charge in [-0.1, -0.05) is 18.2 Å². The Morgan fingerprint density at radius 3 is 2.89 bits per heavy atom. The zero-order valence-electron chi connectivity index (χ0n) is 16.4. The number of rotatable bonds is 5. The Morgan fingerprint density at radius 2 is 2.11 bits per heavy atom. The predicted octanol–water partition coefficient (Wildman–Crippen LogP) is 3.41. The number of imidazole rings is 1. The molecule has 146 valence electrons. The number of methoxy groups -OCH3 is 1. The van der Waals surface area contributed by atoms with Gasteiger partial charge in [0.2, 0.25) is 11.9 Å². The molecule has 0 saturated carbocycles. The molecule has 1 atom stereocenters. The second-order valence-corrected chi connectivity index (χ2v) is 7.43. The zero-order valence-corrected chi connectivity index (χ0v) is 16.4. The van der Waals surface area contributed by atoms with E-state index in [4.69, 9.17) is 9.72 Å². The number of anilines is 1. The van der Waals surface area contributed by atoms with Gasteiger partial charge in [0.15, 0.2) is 0 Å². The van der Waals surface area contributed by atoms with Crippen LogP contribution < -0.4 is 15.0 Å². The lowest BCUT2D eigenvalue weighted by molar-refractivity contribution is -0.125. The first-order valence-electron chi connectivity index (χ1n) is 9.74. The second kappa shape index (κ2) is 7.92. The number of carbonyl (C=O) groups excluding carboxylic acids is 1. The van der Waals surface area contributed by atoms with Crippen molar-refractivity contribution < 1.29 is 9.53 Å². The van der Waals surface area contributed by atoms with E-state index < -0.39 is 0 Å². The molecule has 0 bridgehead atoms. The minimum Gasteiger partial charge on any atom is -0.497 e. The summed E-state index contributed by atoms with van der Waals surface area (Å²) in [7, 11) is 1.65. The van der Waals surface area contributed by atoms with Crippen LogP contribution in [0.3, 0.4) is 0 Å². The summed E-state index contributed by atoms with van der Waals surface area (Å²) in [6, 6.07) is 14.0. The van der Waals surface area contributed by atoms with E-state index in [9.17, 15) is 4.79 Å². The number of nitrogens with zero attached hydrogens (tertiary/aromatic N) is 2. The van der Waals surface area contributed by atoms with Gasteiger partial charge in [-0.15, -0.1) is 0 Å². The molecule has 6 nitrogen and oxygen atoms in total. The summed E-state index contributed by atoms with van der Waals surface area (Å²) in [6.07, 6.45) is 1.89. The Morgan fingerprint density at radius 1 is 1.29 bits per heavy atom. The lowest BCUT2D eigenvalue weighted by Gasteiger charge is -2.31. The Balaban J connectivity index is 1.38. The summed E-state index contributed by atoms with van der Waals surface area (Å²) in [5.41, 5.74) is 4.28. The molecule has 0 unspecified atom stereocenters. The minimum absolute atomic E-state index is 0.0260. The number of nitrogens with one attached hydrogen (secondary N) is 2. The third-order valence-electron chi connectivity index (χ3n) is 5.34. The molecule has 1 aliphatic heterocycles. The van der Waals surface area contributed by atoms with Crippen LogP contribution in [0.25, 0.3) is 11.0 Å². The lowest BCUT2D eigenvalue weighted by atomic mass is 9.97. The molecule has 2 heterocycles. The van der Waals surface area contributed by atoms with Crippen molar-refractivity contribution in [3.8, 4) is 5.75 Å². The number of aryl methyl sites for hydroxylation is 1. The zero-order chi connectivity index (χ0) is 19.5. The third-order valence-corrected chi connectivity index (χ3v) is 5.34. The van der Waals surface area contributed by atoms with E-state index in [1.54, 1.807) is 7.11 Å². The highest BCUT2D eigenvalue weighted by molar-refractivity contribution is 5.80. The van der Waals surface area contributed by atoms with Crippen molar-refractivity contribution in [1.82, 2.24) is 15.3 Å². The Bertz CT molecular complexity index is 964. The van der Waals surface area contributed by atoms with Crippen LogP contribution in [-0.2, 0) is 11.3 Å². The highest BCUT2D eigenvalue weighted by Gasteiger charge is 2.27. The molecule has 28 heavy (non-hydrogen) atoms. The normalized spacial score (nSPS) is 16.9. The van der Waals surface area contributed by atoms with Crippen LogP contribution in [0.4, 0.5) is 5.95 Å². The van der Waals surface area contributed by atoms with E-state index in [1.165, 1.54) is 5.56 Å². The van der Waals surface area contributed by atoms with Gasteiger partial charge in [0.25, 0.3) is 0 Å². The van der Waals surface area contributed by atoms with Gasteiger partial charge < -0.3 is 19.9 Å². The van der Waals surface area contributed by atoms with E-state index >= 15 is 0 Å². The smallest absolute Gasteiger partial charge is 0.225 e. The molecular formula is C22H26N4O2. The SMILES string of the molecule is COc1ccc(CNC(=O)[C@H]2CCCN(c3nc4ccc(C)cc4[nH]3)C2)cc1. The van der Waals surface area contributed by atoms with Crippen LogP contribution in [-0.4, -0.2) is 36.1 Å². The van der Waals surface area contributed by atoms with Gasteiger partial charge >= 0.3 is 0 Å². The number of H-pyrrole nitrogens is 1. The number of hydrogen-bond acceptors (Lipinski definition) is 4. The summed E-state index contributed by atoms with van der Waals surface area (Å²) in [5.74, 6) is 1.75. The first-order chi connectivity index (χ1) is 13.6. The van der Waals surface area contributed by atoms with E-state index in [0.29, 0.717) is 13.1 Å². The number of benzene rings is 2. The fraction of sp³-hybridized carbons (Fsp3) is 0.364. The molecule has 0 aliphatic carbocycles. The Labute approximate surface area is 164 Å². The molecule has 2 N–H and O–H groups in total. The van der Waals surface area contributed by atoms with Crippen molar-refractivity contribution in [3.05, 3.63) is 53.6 Å². The van der Waals surface area contributed by atoms with E-state index in [0.717, 1.165) is 47.7 Å². The van der Waals surface area contributed by atoms with Crippen LogP contribution in [0.1, 0.15) is 24.0 Å². The first-order valence-corrected chi connectivity index (χ1v) is 9.74. The van der Waals surface area contributed by atoms with Gasteiger partial charge in [0.05, 0.1) is 24.1 Å². The third kappa shape index (κ3) is 3.96. The van der Waals surface area contributed by atoms with Crippen LogP contribution in [0.5, 0.6) is 5.75 Å². The van der Waals surface area contributed by atoms with Crippen LogP contribution in [0.15, 0.2) is 42.5 Å². The van der Waals surface area contributed by atoms with E-state index in [2.05, 4.69) is 34.3 Å². The summed E-state index contributed by atoms with van der Waals surface area (Å²) in [5, 5.41) is 3.08. The number of carbonyl (C=O) groups is 1. The molecule has 2 aromatic carbocycles. The maximum Gasteiger partial charge on any atom is 0.225 e. The van der Waals surface area contributed by atoms with Crippen molar-refractivity contribution in [2.24, 2.45) is 5.92 Å². The number of fused-ring (bicyclic) bond motifs is 1. The molecule has 0 radical (unpaired) electrons. The molecule has 1 aromatic heterocycles. The topological polar surface area (TPSA) is 70.2 Å². The average molecular weight is 378 g/mol. The number of ether oxygens (including phenoxy) is 1. The molecule has 4 rings (SSSR count). The number of amides is 1. The van der Waals surface area contributed by atoms with E-state index in [1.807, 2.05) is 30.3 Å². The van der Waals surface area contributed by atoms with Gasteiger partial charge in [-0.3, -0.25) is 4.79 Å². The van der Waals surface area contributed by atoms with Gasteiger partial charge in [-0.2, -0.15) is 0 Å². The molecular weight excluding hydrogens is 352 g/mol. The molecule has 1 amide bonds. The maximum absolute atomic E-state index is 12.7. The summed E-state index contributed by atoms with van der Waals surface area (Å²) < 4.78 is 5.17. The first kappa shape index (κ1) is 18.3. The molecule has 1 aliphatic rings. The molecule has 1 saturated heterocycles. The fourth-order valence-electron chi connectivity index (χ4n) is 3.72. The minimum atomic E-state index is -0.0260. The molecule has 6 heteroatoms. The number of aromatic amines is 1. The van der Waals surface area contributed by atoms with Crippen molar-refractivity contribution in [1.29, 1.82) is 0 Å². The van der Waals surface area contributed by atoms with Gasteiger partial charge in [0.1, 0.15) is 5.75 Å². The number of aromatic nitrogens is 2. The van der Waals surface area contributed by atoms with Crippen molar-refractivity contribution in [2.45, 2.75) is 26.3 Å². The van der Waals surface area contributed by atoms with Crippen LogP contribution in [0, 0.1) is 12.8 Å². The second-order valence-electron chi connectivity index (χ2n) is 7.43. The monoisotopic (exact) mass is 378 g/mol. The lowest BCUT2D eigenvalue weighted by Crippen LogP contribution is -2.43. The predicted molar refractivity (Wildman–Crippen MR) is 111 cm³/mol. The highest BCUT2D eigenvalue weighted by Crippen LogP contribution is 2.24. The van der Waals surface area contributed by atoms with Crippen LogP contribution >= 0.6 is 0 Å². The highest BCUT2D eigenvalue weighted by atomic mass is 16.5. The van der Waals surface area contributed by atoms with Gasteiger partial charge in [0, 0.05) is 19.6 Å². The quantitative estimate of drug-likeness (QED) is 0.714. The summed E-state index contributed by atoms with van der Waals surface area (Å²) in [6.45, 7) is 4.21. The van der Waals surface area contributed by atoms with Crippen molar-refractivity contribution in [3.63, 3.8) is 0 Å². The molecule has 3 aromatic rings. The number of hydrogen-bond donors (Lipinski definition) is 2. The average Bonchev–Trinajstić information content (AvgIpc) is 3.15. The van der Waals surface area contributed by atoms with Gasteiger partial charge in [-0.05, 0) is 55.2 Å². The standard InChI is InChI=1S/C22H26N4O2/c1-15-5-10-19-20(12-15)25-22(24-19)26-11-3-4-17(14-26)21(27)23-13-16-6-8-18(28-2)9-7-16/h5-10,12,17H,3-4,11,13-14H2,1-2H3,(H,23,27)(H,24,25)/t17-/m0/s1. The Kier molecular flexibility index (Phi) is 5.19. The van der Waals surface area contributed by atoms with Crippen molar-refractivity contribution >= 4 is 22.9 Å². The van der Waals surface area contributed by atoms with Crippen LogP contribution in [0.2, 0.25) is 0 Å². The summed E-state index contributed by atoms with van der Waals surface area (Å²) in [4.78, 5) is 23.0. The van der Waals surface area contributed by atoms with Crippen molar-refractivity contribution in [2.75, 3.05) is 25.1 Å². The molecule has 1 fully saturated rings.